The van der Waals surface area contributed by atoms with Gasteiger partial charge in [0.05, 0.1) is 6.54 Å². The SMILES string of the molecule is CNCCCNCc1nn(Cc2ccc(F)cc2Cl)nc1-c1ccccc1. The third-order valence-corrected chi connectivity index (χ3v) is 4.52. The van der Waals surface area contributed by atoms with Crippen molar-refractivity contribution in [1.29, 1.82) is 0 Å². The fraction of sp³-hybridized carbons (Fsp3) is 0.300. The molecule has 1 heterocycles. The summed E-state index contributed by atoms with van der Waals surface area (Å²) >= 11 is 6.15. The lowest BCUT2D eigenvalue weighted by atomic mass is 10.1. The van der Waals surface area contributed by atoms with Gasteiger partial charge in [0.15, 0.2) is 0 Å². The molecule has 0 radical (unpaired) electrons. The molecule has 27 heavy (non-hydrogen) atoms. The minimum absolute atomic E-state index is 0.353. The maximum Gasteiger partial charge on any atom is 0.124 e. The highest BCUT2D eigenvalue weighted by atomic mass is 35.5. The Morgan fingerprint density at radius 3 is 2.63 bits per heavy atom. The molecule has 0 atom stereocenters. The molecule has 0 bridgehead atoms. The summed E-state index contributed by atoms with van der Waals surface area (Å²) in [6.07, 6.45) is 1.04. The lowest BCUT2D eigenvalue weighted by molar-refractivity contribution is 0.569. The Morgan fingerprint density at radius 1 is 1.07 bits per heavy atom. The Morgan fingerprint density at radius 2 is 1.89 bits per heavy atom. The van der Waals surface area contributed by atoms with Gasteiger partial charge >= 0.3 is 0 Å². The Hall–Kier alpha value is -2.28. The lowest BCUT2D eigenvalue weighted by Gasteiger charge is -2.04. The zero-order valence-corrected chi connectivity index (χ0v) is 16.0. The Bertz CT molecular complexity index is 866. The lowest BCUT2D eigenvalue weighted by Crippen LogP contribution is -2.20. The van der Waals surface area contributed by atoms with Crippen LogP contribution in [0.2, 0.25) is 5.02 Å². The molecule has 1 aromatic heterocycles. The van der Waals surface area contributed by atoms with Crippen molar-refractivity contribution >= 4 is 11.6 Å². The molecule has 7 heteroatoms. The van der Waals surface area contributed by atoms with Gasteiger partial charge in [-0.2, -0.15) is 15.0 Å². The second kappa shape index (κ2) is 9.60. The summed E-state index contributed by atoms with van der Waals surface area (Å²) in [5.41, 5.74) is 3.51. The van der Waals surface area contributed by atoms with Crippen LogP contribution in [0.3, 0.4) is 0 Å². The molecule has 0 saturated heterocycles. The van der Waals surface area contributed by atoms with E-state index in [9.17, 15) is 4.39 Å². The van der Waals surface area contributed by atoms with Gasteiger partial charge in [-0.05, 0) is 44.3 Å². The van der Waals surface area contributed by atoms with Gasteiger partial charge in [-0.1, -0.05) is 48.0 Å². The predicted molar refractivity (Wildman–Crippen MR) is 106 cm³/mol. The normalized spacial score (nSPS) is 11.1. The predicted octanol–water partition coefficient (Wildman–Crippen LogP) is 3.49. The van der Waals surface area contributed by atoms with Crippen LogP contribution in [0.1, 0.15) is 17.7 Å². The second-order valence-electron chi connectivity index (χ2n) is 6.26. The first-order chi connectivity index (χ1) is 13.2. The van der Waals surface area contributed by atoms with Gasteiger partial charge in [0.25, 0.3) is 0 Å². The smallest absolute Gasteiger partial charge is 0.124 e. The Balaban J connectivity index is 1.80. The van der Waals surface area contributed by atoms with Crippen molar-refractivity contribution in [3.8, 4) is 11.3 Å². The molecule has 2 aromatic carbocycles. The van der Waals surface area contributed by atoms with Crippen LogP contribution >= 0.6 is 11.6 Å². The topological polar surface area (TPSA) is 54.8 Å². The van der Waals surface area contributed by atoms with Crippen molar-refractivity contribution in [2.75, 3.05) is 20.1 Å². The highest BCUT2D eigenvalue weighted by molar-refractivity contribution is 6.31. The van der Waals surface area contributed by atoms with E-state index in [1.54, 1.807) is 10.9 Å². The summed E-state index contributed by atoms with van der Waals surface area (Å²) in [6, 6.07) is 14.3. The van der Waals surface area contributed by atoms with Gasteiger partial charge in [0.1, 0.15) is 17.2 Å². The summed E-state index contributed by atoms with van der Waals surface area (Å²) in [6.45, 7) is 2.88. The van der Waals surface area contributed by atoms with Crippen molar-refractivity contribution in [2.24, 2.45) is 0 Å². The standard InChI is InChI=1S/C20H23ClFN5/c1-23-10-5-11-24-13-19-20(15-6-3-2-4-7-15)26-27(25-19)14-16-8-9-17(22)12-18(16)21/h2-4,6-9,12,23-24H,5,10-11,13-14H2,1H3. The van der Waals surface area contributed by atoms with Crippen molar-refractivity contribution in [2.45, 2.75) is 19.5 Å². The van der Waals surface area contributed by atoms with E-state index in [0.29, 0.717) is 18.1 Å². The molecular formula is C20H23ClFN5. The van der Waals surface area contributed by atoms with Crippen LogP contribution in [-0.2, 0) is 13.1 Å². The number of nitrogens with zero attached hydrogens (tertiary/aromatic N) is 3. The number of aromatic nitrogens is 3. The molecule has 0 fully saturated rings. The monoisotopic (exact) mass is 387 g/mol. The van der Waals surface area contributed by atoms with Gasteiger partial charge in [-0.3, -0.25) is 0 Å². The van der Waals surface area contributed by atoms with E-state index in [2.05, 4.69) is 20.8 Å². The summed E-state index contributed by atoms with van der Waals surface area (Å²) in [5, 5.41) is 16.2. The van der Waals surface area contributed by atoms with Gasteiger partial charge in [-0.25, -0.2) is 4.39 Å². The molecule has 0 aliphatic heterocycles. The largest absolute Gasteiger partial charge is 0.320 e. The van der Waals surface area contributed by atoms with Crippen LogP contribution in [0.5, 0.6) is 0 Å². The van der Waals surface area contributed by atoms with Crippen molar-refractivity contribution < 1.29 is 4.39 Å². The average molecular weight is 388 g/mol. The molecule has 0 aliphatic rings. The zero-order chi connectivity index (χ0) is 19.1. The first-order valence-electron chi connectivity index (χ1n) is 8.96. The van der Waals surface area contributed by atoms with E-state index in [-0.39, 0.29) is 5.82 Å². The number of hydrogen-bond donors (Lipinski definition) is 2. The summed E-state index contributed by atoms with van der Waals surface area (Å²) < 4.78 is 13.3. The van der Waals surface area contributed by atoms with Crippen LogP contribution in [0.15, 0.2) is 48.5 Å². The first kappa shape index (κ1) is 19.5. The summed E-state index contributed by atoms with van der Waals surface area (Å²) in [5.74, 6) is -0.353. The number of halogens is 2. The Labute approximate surface area is 163 Å². The van der Waals surface area contributed by atoms with E-state index in [1.807, 2.05) is 37.4 Å². The molecule has 0 aliphatic carbocycles. The molecule has 0 spiro atoms. The van der Waals surface area contributed by atoms with Crippen LogP contribution in [0, 0.1) is 5.82 Å². The van der Waals surface area contributed by atoms with Crippen molar-refractivity contribution in [3.63, 3.8) is 0 Å². The molecule has 142 valence electrons. The van der Waals surface area contributed by atoms with E-state index in [1.165, 1.54) is 12.1 Å². The molecule has 0 unspecified atom stereocenters. The van der Waals surface area contributed by atoms with E-state index in [0.717, 1.165) is 42.0 Å². The second-order valence-corrected chi connectivity index (χ2v) is 6.67. The Kier molecular flexibility index (Phi) is 6.92. The van der Waals surface area contributed by atoms with Gasteiger partial charge in [-0.15, -0.1) is 0 Å². The summed E-state index contributed by atoms with van der Waals surface area (Å²) in [7, 11) is 1.94. The van der Waals surface area contributed by atoms with E-state index < -0.39 is 0 Å². The van der Waals surface area contributed by atoms with Crippen LogP contribution < -0.4 is 10.6 Å². The number of rotatable bonds is 9. The van der Waals surface area contributed by atoms with Gasteiger partial charge in [0.2, 0.25) is 0 Å². The number of hydrogen-bond acceptors (Lipinski definition) is 4. The van der Waals surface area contributed by atoms with E-state index in [4.69, 9.17) is 11.6 Å². The highest BCUT2D eigenvalue weighted by Crippen LogP contribution is 2.22. The maximum atomic E-state index is 13.3. The van der Waals surface area contributed by atoms with Crippen LogP contribution in [0.4, 0.5) is 4.39 Å². The quantitative estimate of drug-likeness (QED) is 0.552. The number of benzene rings is 2. The molecule has 3 aromatic rings. The van der Waals surface area contributed by atoms with Crippen LogP contribution in [-0.4, -0.2) is 35.1 Å². The van der Waals surface area contributed by atoms with E-state index >= 15 is 0 Å². The molecular weight excluding hydrogens is 365 g/mol. The summed E-state index contributed by atoms with van der Waals surface area (Å²) in [4.78, 5) is 1.62. The van der Waals surface area contributed by atoms with Gasteiger partial charge < -0.3 is 10.6 Å². The third kappa shape index (κ3) is 5.35. The average Bonchev–Trinajstić information content (AvgIpc) is 3.07. The van der Waals surface area contributed by atoms with Gasteiger partial charge in [0, 0.05) is 17.1 Å². The van der Waals surface area contributed by atoms with Crippen LogP contribution in [0.25, 0.3) is 11.3 Å². The maximum absolute atomic E-state index is 13.3. The molecule has 2 N–H and O–H groups in total. The third-order valence-electron chi connectivity index (χ3n) is 4.17. The molecule has 0 amide bonds. The van der Waals surface area contributed by atoms with Crippen molar-refractivity contribution in [3.05, 3.63) is 70.6 Å². The number of nitrogens with one attached hydrogen (secondary N) is 2. The molecule has 3 rings (SSSR count). The minimum atomic E-state index is -0.353. The first-order valence-corrected chi connectivity index (χ1v) is 9.34. The molecule has 5 nitrogen and oxygen atoms in total. The fourth-order valence-corrected chi connectivity index (χ4v) is 3.02. The molecule has 0 saturated carbocycles. The minimum Gasteiger partial charge on any atom is -0.320 e. The van der Waals surface area contributed by atoms with Crippen molar-refractivity contribution in [1.82, 2.24) is 25.6 Å². The highest BCUT2D eigenvalue weighted by Gasteiger charge is 2.14. The zero-order valence-electron chi connectivity index (χ0n) is 15.3. The fourth-order valence-electron chi connectivity index (χ4n) is 2.79.